The number of fused-ring (bicyclic) bond motifs is 2. The molecule has 2 heterocycles. The summed E-state index contributed by atoms with van der Waals surface area (Å²) in [7, 11) is 0. The molecule has 0 atom stereocenters. The number of benzene rings is 2. The SMILES string of the molecule is Cc1ccc2[nH]c(-c3[nH]c4cc(Br)ccc4c3C(=O)C(F)(F)F)cc2c1. The van der Waals surface area contributed by atoms with Crippen LogP contribution in [0.15, 0.2) is 46.9 Å². The van der Waals surface area contributed by atoms with Crippen molar-refractivity contribution in [1.82, 2.24) is 9.97 Å². The van der Waals surface area contributed by atoms with Gasteiger partial charge in [0, 0.05) is 26.3 Å². The molecule has 0 aliphatic heterocycles. The molecular formula is C19H12BrF3N2O. The second-order valence-electron chi connectivity index (χ2n) is 6.17. The normalized spacial score (nSPS) is 12.2. The maximum absolute atomic E-state index is 13.2. The summed E-state index contributed by atoms with van der Waals surface area (Å²) in [5, 5.41) is 1.10. The molecule has 4 aromatic rings. The first kappa shape index (κ1) is 16.9. The first-order valence-corrected chi connectivity index (χ1v) is 8.56. The van der Waals surface area contributed by atoms with E-state index in [1.807, 2.05) is 25.1 Å². The molecule has 7 heteroatoms. The topological polar surface area (TPSA) is 48.6 Å². The van der Waals surface area contributed by atoms with Crippen molar-refractivity contribution < 1.29 is 18.0 Å². The fourth-order valence-corrected chi connectivity index (χ4v) is 3.50. The maximum atomic E-state index is 13.2. The summed E-state index contributed by atoms with van der Waals surface area (Å²) >= 11 is 3.30. The van der Waals surface area contributed by atoms with Crippen LogP contribution in [0.4, 0.5) is 13.2 Å². The van der Waals surface area contributed by atoms with Crippen molar-refractivity contribution in [2.45, 2.75) is 13.1 Å². The Morgan fingerprint density at radius 2 is 1.77 bits per heavy atom. The van der Waals surface area contributed by atoms with Gasteiger partial charge in [-0.1, -0.05) is 33.6 Å². The third-order valence-corrected chi connectivity index (χ3v) is 4.78. The molecule has 2 aromatic heterocycles. The van der Waals surface area contributed by atoms with Gasteiger partial charge in [0.25, 0.3) is 5.78 Å². The summed E-state index contributed by atoms with van der Waals surface area (Å²) in [6, 6.07) is 12.2. The van der Waals surface area contributed by atoms with E-state index in [9.17, 15) is 18.0 Å². The summed E-state index contributed by atoms with van der Waals surface area (Å²) in [5.41, 5.74) is 2.48. The number of rotatable bonds is 2. The van der Waals surface area contributed by atoms with E-state index in [1.54, 1.807) is 18.2 Å². The number of hydrogen-bond donors (Lipinski definition) is 2. The largest absolute Gasteiger partial charge is 0.454 e. The van der Waals surface area contributed by atoms with Crippen molar-refractivity contribution in [3.63, 3.8) is 0 Å². The number of carbonyl (C=O) groups is 1. The van der Waals surface area contributed by atoms with Crippen LogP contribution < -0.4 is 0 Å². The Morgan fingerprint density at radius 3 is 2.50 bits per heavy atom. The number of aromatic nitrogens is 2. The number of carbonyl (C=O) groups excluding carboxylic acids is 1. The zero-order valence-electron chi connectivity index (χ0n) is 13.5. The number of aromatic amines is 2. The lowest BCUT2D eigenvalue weighted by Gasteiger charge is -2.06. The van der Waals surface area contributed by atoms with Crippen molar-refractivity contribution in [2.24, 2.45) is 0 Å². The Kier molecular flexibility index (Phi) is 3.73. The van der Waals surface area contributed by atoms with Gasteiger partial charge in [-0.15, -0.1) is 0 Å². The lowest BCUT2D eigenvalue weighted by Crippen LogP contribution is -2.23. The molecule has 2 N–H and O–H groups in total. The molecule has 2 aromatic carbocycles. The number of hydrogen-bond acceptors (Lipinski definition) is 1. The number of ketones is 1. The Morgan fingerprint density at radius 1 is 1.00 bits per heavy atom. The van der Waals surface area contributed by atoms with E-state index in [1.165, 1.54) is 6.07 Å². The van der Waals surface area contributed by atoms with Gasteiger partial charge in [0.1, 0.15) is 0 Å². The standard InChI is InChI=1S/C19H12BrF3N2O/c1-9-2-5-13-10(6-9)7-15(24-13)17-16(18(26)19(21,22)23)12-4-3-11(20)8-14(12)25-17/h2-8,24-25H,1H3. The van der Waals surface area contributed by atoms with Crippen LogP contribution in [0.2, 0.25) is 0 Å². The molecular weight excluding hydrogens is 409 g/mol. The van der Waals surface area contributed by atoms with Crippen molar-refractivity contribution >= 4 is 43.5 Å². The Bertz CT molecular complexity index is 1170. The Labute approximate surface area is 154 Å². The van der Waals surface area contributed by atoms with Gasteiger partial charge in [-0.25, -0.2) is 0 Å². The van der Waals surface area contributed by atoms with Crippen molar-refractivity contribution in [2.75, 3.05) is 0 Å². The summed E-state index contributed by atoms with van der Waals surface area (Å²) in [6.07, 6.45) is -4.96. The van der Waals surface area contributed by atoms with Gasteiger partial charge < -0.3 is 9.97 Å². The van der Waals surface area contributed by atoms with E-state index in [0.717, 1.165) is 16.5 Å². The molecule has 0 bridgehead atoms. The van der Waals surface area contributed by atoms with E-state index >= 15 is 0 Å². The van der Waals surface area contributed by atoms with Gasteiger partial charge >= 0.3 is 6.18 Å². The lowest BCUT2D eigenvalue weighted by atomic mass is 10.0. The zero-order valence-corrected chi connectivity index (χ0v) is 15.0. The lowest BCUT2D eigenvalue weighted by molar-refractivity contribution is -0.0883. The number of halogens is 4. The van der Waals surface area contributed by atoms with Crippen LogP contribution in [0.3, 0.4) is 0 Å². The predicted molar refractivity (Wildman–Crippen MR) is 98.4 cm³/mol. The molecule has 132 valence electrons. The predicted octanol–water partition coefficient (Wildman–Crippen LogP) is 6.13. The van der Waals surface area contributed by atoms with Gasteiger partial charge in [0.15, 0.2) is 0 Å². The Hall–Kier alpha value is -2.54. The summed E-state index contributed by atoms with van der Waals surface area (Å²) in [4.78, 5) is 18.2. The van der Waals surface area contributed by atoms with Crippen molar-refractivity contribution in [3.8, 4) is 11.4 Å². The number of alkyl halides is 3. The molecule has 0 unspecified atom stereocenters. The summed E-state index contributed by atoms with van der Waals surface area (Å²) < 4.78 is 40.3. The number of Topliss-reactive ketones (excluding diaryl/α,β-unsaturated/α-hetero) is 1. The summed E-state index contributed by atoms with van der Waals surface area (Å²) in [6.45, 7) is 1.94. The minimum Gasteiger partial charge on any atom is -0.353 e. The number of aryl methyl sites for hydroxylation is 1. The molecule has 0 fully saturated rings. The number of H-pyrrole nitrogens is 2. The highest BCUT2D eigenvalue weighted by molar-refractivity contribution is 9.10. The van der Waals surface area contributed by atoms with Crippen LogP contribution in [0.25, 0.3) is 33.2 Å². The van der Waals surface area contributed by atoms with Gasteiger partial charge in [0.2, 0.25) is 0 Å². The molecule has 0 saturated carbocycles. The van der Waals surface area contributed by atoms with Gasteiger partial charge in [-0.05, 0) is 37.3 Å². The van der Waals surface area contributed by atoms with Crippen LogP contribution in [-0.2, 0) is 0 Å². The van der Waals surface area contributed by atoms with Gasteiger partial charge in [-0.2, -0.15) is 13.2 Å². The molecule has 0 saturated heterocycles. The third kappa shape index (κ3) is 2.72. The van der Waals surface area contributed by atoms with Crippen molar-refractivity contribution in [1.29, 1.82) is 0 Å². The molecule has 0 spiro atoms. The monoisotopic (exact) mass is 420 g/mol. The quantitative estimate of drug-likeness (QED) is 0.376. The molecule has 4 rings (SSSR count). The average molecular weight is 421 g/mol. The Balaban J connectivity index is 2.02. The van der Waals surface area contributed by atoms with E-state index in [4.69, 9.17) is 0 Å². The van der Waals surface area contributed by atoms with E-state index in [-0.39, 0.29) is 16.6 Å². The highest BCUT2D eigenvalue weighted by Gasteiger charge is 2.42. The summed E-state index contributed by atoms with van der Waals surface area (Å²) in [5.74, 6) is -1.86. The van der Waals surface area contributed by atoms with E-state index < -0.39 is 12.0 Å². The third-order valence-electron chi connectivity index (χ3n) is 4.29. The van der Waals surface area contributed by atoms with Crippen LogP contribution in [0.1, 0.15) is 15.9 Å². The maximum Gasteiger partial charge on any atom is 0.454 e. The fraction of sp³-hybridized carbons (Fsp3) is 0.105. The van der Waals surface area contributed by atoms with Gasteiger partial charge in [0.05, 0.1) is 17.0 Å². The molecule has 26 heavy (non-hydrogen) atoms. The first-order valence-electron chi connectivity index (χ1n) is 7.76. The molecule has 3 nitrogen and oxygen atoms in total. The zero-order chi connectivity index (χ0) is 18.6. The highest BCUT2D eigenvalue weighted by Crippen LogP contribution is 2.36. The van der Waals surface area contributed by atoms with E-state index in [0.29, 0.717) is 15.7 Å². The number of nitrogens with one attached hydrogen (secondary N) is 2. The first-order chi connectivity index (χ1) is 12.2. The van der Waals surface area contributed by atoms with Gasteiger partial charge in [-0.3, -0.25) is 4.79 Å². The van der Waals surface area contributed by atoms with Crippen molar-refractivity contribution in [3.05, 3.63) is 58.1 Å². The second kappa shape index (κ2) is 5.74. The fourth-order valence-electron chi connectivity index (χ4n) is 3.14. The van der Waals surface area contributed by atoms with Crippen LogP contribution in [0, 0.1) is 6.92 Å². The molecule has 0 aliphatic carbocycles. The van der Waals surface area contributed by atoms with E-state index in [2.05, 4.69) is 25.9 Å². The minimum atomic E-state index is -4.96. The highest BCUT2D eigenvalue weighted by atomic mass is 79.9. The van der Waals surface area contributed by atoms with Crippen LogP contribution in [0.5, 0.6) is 0 Å². The molecule has 0 amide bonds. The second-order valence-corrected chi connectivity index (χ2v) is 7.08. The van der Waals surface area contributed by atoms with Crippen LogP contribution >= 0.6 is 15.9 Å². The average Bonchev–Trinajstić information content (AvgIpc) is 3.13. The molecule has 0 aliphatic rings. The molecule has 0 radical (unpaired) electrons. The smallest absolute Gasteiger partial charge is 0.353 e. The van der Waals surface area contributed by atoms with Crippen LogP contribution in [-0.4, -0.2) is 21.9 Å². The minimum absolute atomic E-state index is 0.134.